The number of benzene rings is 2. The van der Waals surface area contributed by atoms with Gasteiger partial charge in [-0.1, -0.05) is 51.8 Å². The first-order chi connectivity index (χ1) is 9.65. The second-order valence-electron chi connectivity index (χ2n) is 4.58. The highest BCUT2D eigenvalue weighted by Gasteiger charge is 2.14. The first-order valence-electron chi connectivity index (χ1n) is 6.18. The number of carbonyl (C=O) groups excluding carboxylic acids is 1. The molecule has 2 nitrogen and oxygen atoms in total. The van der Waals surface area contributed by atoms with E-state index in [2.05, 4.69) is 20.9 Å². The van der Waals surface area contributed by atoms with Gasteiger partial charge in [-0.25, -0.2) is 0 Å². The molecule has 100 valence electrons. The predicted octanol–water partition coefficient (Wildman–Crippen LogP) is 5.01. The second-order valence-corrected chi connectivity index (χ2v) is 5.91. The van der Waals surface area contributed by atoms with Crippen molar-refractivity contribution < 1.29 is 4.79 Å². The topological polar surface area (TPSA) is 32.9 Å². The van der Waals surface area contributed by atoms with Crippen molar-refractivity contribution in [3.05, 3.63) is 69.3 Å². The van der Waals surface area contributed by atoms with Crippen molar-refractivity contribution in [1.82, 2.24) is 4.98 Å². The number of fused-ring (bicyclic) bond motifs is 1. The number of Topliss-reactive ketones (excluding diaryl/α,β-unsaturated/α-hetero) is 1. The molecule has 0 radical (unpaired) electrons. The molecule has 0 aliphatic heterocycles. The van der Waals surface area contributed by atoms with E-state index in [1.54, 1.807) is 12.3 Å². The van der Waals surface area contributed by atoms with Crippen LogP contribution in [-0.4, -0.2) is 10.8 Å². The SMILES string of the molecule is O=C(Cc1ccccc1Cl)c1c[nH]c2cc(Br)ccc12. The maximum Gasteiger partial charge on any atom is 0.169 e. The van der Waals surface area contributed by atoms with Crippen molar-refractivity contribution in [1.29, 1.82) is 0 Å². The normalized spacial score (nSPS) is 10.9. The Hall–Kier alpha value is -1.58. The molecule has 0 atom stereocenters. The van der Waals surface area contributed by atoms with Gasteiger partial charge in [-0.05, 0) is 23.8 Å². The number of rotatable bonds is 3. The molecule has 0 aliphatic carbocycles. The van der Waals surface area contributed by atoms with E-state index in [0.29, 0.717) is 17.0 Å². The molecule has 3 rings (SSSR count). The van der Waals surface area contributed by atoms with Gasteiger partial charge in [-0.3, -0.25) is 4.79 Å². The van der Waals surface area contributed by atoms with E-state index in [1.807, 2.05) is 36.4 Å². The molecule has 0 fully saturated rings. The van der Waals surface area contributed by atoms with Crippen molar-refractivity contribution in [2.45, 2.75) is 6.42 Å². The molecule has 1 aromatic heterocycles. The summed E-state index contributed by atoms with van der Waals surface area (Å²) >= 11 is 9.52. The molecule has 0 saturated heterocycles. The Bertz CT molecular complexity index is 794. The van der Waals surface area contributed by atoms with Gasteiger partial charge in [0, 0.05) is 38.6 Å². The summed E-state index contributed by atoms with van der Waals surface area (Å²) in [5.41, 5.74) is 2.50. The second kappa shape index (κ2) is 5.43. The summed E-state index contributed by atoms with van der Waals surface area (Å²) in [6.07, 6.45) is 2.07. The van der Waals surface area contributed by atoms with Crippen LogP contribution in [0, 0.1) is 0 Å². The van der Waals surface area contributed by atoms with Crippen LogP contribution in [0.3, 0.4) is 0 Å². The fourth-order valence-corrected chi connectivity index (χ4v) is 2.80. The highest BCUT2D eigenvalue weighted by molar-refractivity contribution is 9.10. The van der Waals surface area contributed by atoms with Gasteiger partial charge in [0.1, 0.15) is 0 Å². The third kappa shape index (κ3) is 2.51. The molecule has 20 heavy (non-hydrogen) atoms. The maximum absolute atomic E-state index is 12.4. The van der Waals surface area contributed by atoms with Crippen LogP contribution in [0.4, 0.5) is 0 Å². The Balaban J connectivity index is 1.95. The van der Waals surface area contributed by atoms with Crippen LogP contribution in [0.2, 0.25) is 5.02 Å². The Morgan fingerprint density at radius 2 is 2.00 bits per heavy atom. The van der Waals surface area contributed by atoms with Gasteiger partial charge < -0.3 is 4.98 Å². The molecular weight excluding hydrogens is 338 g/mol. The van der Waals surface area contributed by atoms with Gasteiger partial charge in [-0.2, -0.15) is 0 Å². The molecule has 0 aliphatic rings. The Morgan fingerprint density at radius 1 is 1.20 bits per heavy atom. The molecule has 0 bridgehead atoms. The van der Waals surface area contributed by atoms with Gasteiger partial charge in [0.15, 0.2) is 5.78 Å². The zero-order chi connectivity index (χ0) is 14.1. The van der Waals surface area contributed by atoms with Crippen LogP contribution in [0.15, 0.2) is 53.1 Å². The number of nitrogens with one attached hydrogen (secondary N) is 1. The van der Waals surface area contributed by atoms with Crippen LogP contribution >= 0.6 is 27.5 Å². The van der Waals surface area contributed by atoms with Gasteiger partial charge in [-0.15, -0.1) is 0 Å². The summed E-state index contributed by atoms with van der Waals surface area (Å²) in [5.74, 6) is 0.0617. The summed E-state index contributed by atoms with van der Waals surface area (Å²) in [4.78, 5) is 15.6. The van der Waals surface area contributed by atoms with E-state index < -0.39 is 0 Å². The molecule has 2 aromatic carbocycles. The van der Waals surface area contributed by atoms with Crippen molar-refractivity contribution in [3.8, 4) is 0 Å². The van der Waals surface area contributed by atoms with E-state index in [9.17, 15) is 4.79 Å². The molecule has 0 unspecified atom stereocenters. The monoisotopic (exact) mass is 347 g/mol. The van der Waals surface area contributed by atoms with Crippen molar-refractivity contribution in [2.75, 3.05) is 0 Å². The van der Waals surface area contributed by atoms with Gasteiger partial charge >= 0.3 is 0 Å². The lowest BCUT2D eigenvalue weighted by molar-refractivity contribution is 0.0994. The van der Waals surface area contributed by atoms with Crippen LogP contribution in [-0.2, 0) is 6.42 Å². The minimum Gasteiger partial charge on any atom is -0.360 e. The van der Waals surface area contributed by atoms with Crippen molar-refractivity contribution in [2.24, 2.45) is 0 Å². The summed E-state index contributed by atoms with van der Waals surface area (Å²) < 4.78 is 0.983. The molecule has 0 spiro atoms. The van der Waals surface area contributed by atoms with Crippen LogP contribution < -0.4 is 0 Å². The van der Waals surface area contributed by atoms with E-state index in [4.69, 9.17) is 11.6 Å². The zero-order valence-corrected chi connectivity index (χ0v) is 12.8. The summed E-state index contributed by atoms with van der Waals surface area (Å²) in [6, 6.07) is 13.3. The third-order valence-electron chi connectivity index (χ3n) is 3.25. The van der Waals surface area contributed by atoms with Crippen molar-refractivity contribution in [3.63, 3.8) is 0 Å². The quantitative estimate of drug-likeness (QED) is 0.663. The number of ketones is 1. The lowest BCUT2D eigenvalue weighted by Crippen LogP contribution is -2.03. The highest BCUT2D eigenvalue weighted by atomic mass is 79.9. The fraction of sp³-hybridized carbons (Fsp3) is 0.0625. The minimum atomic E-state index is 0.0617. The third-order valence-corrected chi connectivity index (χ3v) is 4.12. The maximum atomic E-state index is 12.4. The lowest BCUT2D eigenvalue weighted by atomic mass is 10.0. The van der Waals surface area contributed by atoms with E-state index in [1.165, 1.54) is 0 Å². The van der Waals surface area contributed by atoms with Gasteiger partial charge in [0.25, 0.3) is 0 Å². The molecule has 3 aromatic rings. The average Bonchev–Trinajstić information content (AvgIpc) is 2.84. The largest absolute Gasteiger partial charge is 0.360 e. The fourth-order valence-electron chi connectivity index (χ4n) is 2.24. The molecule has 0 amide bonds. The molecule has 4 heteroatoms. The minimum absolute atomic E-state index is 0.0617. The smallest absolute Gasteiger partial charge is 0.169 e. The Morgan fingerprint density at radius 3 is 2.80 bits per heavy atom. The number of aromatic nitrogens is 1. The number of hydrogen-bond donors (Lipinski definition) is 1. The van der Waals surface area contributed by atoms with Crippen LogP contribution in [0.5, 0.6) is 0 Å². The number of hydrogen-bond acceptors (Lipinski definition) is 1. The first-order valence-corrected chi connectivity index (χ1v) is 7.35. The van der Waals surface area contributed by atoms with E-state index in [-0.39, 0.29) is 5.78 Å². The van der Waals surface area contributed by atoms with E-state index in [0.717, 1.165) is 20.9 Å². The number of H-pyrrole nitrogens is 1. The number of carbonyl (C=O) groups is 1. The Kier molecular flexibility index (Phi) is 3.64. The summed E-state index contributed by atoms with van der Waals surface area (Å²) in [5, 5.41) is 1.56. The first kappa shape index (κ1) is 13.4. The standard InChI is InChI=1S/C16H11BrClNO/c17-11-5-6-12-13(9-19-15(12)8-11)16(20)7-10-3-1-2-4-14(10)18/h1-6,8-9,19H,7H2. The Labute approximate surface area is 129 Å². The molecule has 0 saturated carbocycles. The lowest BCUT2D eigenvalue weighted by Gasteiger charge is -2.03. The molecule has 1 N–H and O–H groups in total. The average molecular weight is 349 g/mol. The number of halogens is 2. The molecular formula is C16H11BrClNO. The van der Waals surface area contributed by atoms with Crippen LogP contribution in [0.25, 0.3) is 10.9 Å². The van der Waals surface area contributed by atoms with Crippen LogP contribution in [0.1, 0.15) is 15.9 Å². The molecule has 1 heterocycles. The summed E-state index contributed by atoms with van der Waals surface area (Å²) in [6.45, 7) is 0. The van der Waals surface area contributed by atoms with Gasteiger partial charge in [0.05, 0.1) is 0 Å². The highest BCUT2D eigenvalue weighted by Crippen LogP contribution is 2.24. The number of aromatic amines is 1. The van der Waals surface area contributed by atoms with E-state index >= 15 is 0 Å². The summed E-state index contributed by atoms with van der Waals surface area (Å²) in [7, 11) is 0. The van der Waals surface area contributed by atoms with Gasteiger partial charge in [0.2, 0.25) is 0 Å². The van der Waals surface area contributed by atoms with Crippen molar-refractivity contribution >= 4 is 44.2 Å². The zero-order valence-electron chi connectivity index (χ0n) is 10.5. The predicted molar refractivity (Wildman–Crippen MR) is 85.5 cm³/mol.